The van der Waals surface area contributed by atoms with E-state index in [1.807, 2.05) is 41.1 Å². The molecule has 1 unspecified atom stereocenters. The van der Waals surface area contributed by atoms with E-state index < -0.39 is 6.10 Å². The molecule has 3 heterocycles. The fourth-order valence-corrected chi connectivity index (χ4v) is 4.64. The molecule has 1 saturated carbocycles. The zero-order valence-electron chi connectivity index (χ0n) is 18.4. The van der Waals surface area contributed by atoms with Gasteiger partial charge in [-0.05, 0) is 30.9 Å². The van der Waals surface area contributed by atoms with Crippen molar-refractivity contribution in [3.8, 4) is 23.1 Å². The van der Waals surface area contributed by atoms with Crippen LogP contribution in [0, 0.1) is 29.6 Å². The number of nitrogens with zero attached hydrogens (tertiary/aromatic N) is 4. The number of benzene rings is 1. The third kappa shape index (κ3) is 4.35. The molecule has 1 saturated heterocycles. The quantitative estimate of drug-likeness (QED) is 0.579. The van der Waals surface area contributed by atoms with Crippen molar-refractivity contribution in [1.29, 1.82) is 0 Å². The van der Waals surface area contributed by atoms with E-state index in [1.54, 1.807) is 20.2 Å². The van der Waals surface area contributed by atoms with Crippen molar-refractivity contribution in [2.24, 2.45) is 17.8 Å². The first kappa shape index (κ1) is 21.0. The van der Waals surface area contributed by atoms with Crippen LogP contribution in [-0.4, -0.2) is 58.1 Å². The van der Waals surface area contributed by atoms with Gasteiger partial charge in [0.25, 0.3) is 0 Å². The van der Waals surface area contributed by atoms with Gasteiger partial charge in [0, 0.05) is 62.2 Å². The number of fused-ring (bicyclic) bond motifs is 1. The van der Waals surface area contributed by atoms with E-state index >= 15 is 0 Å². The molecule has 1 N–H and O–H groups in total. The average Bonchev–Trinajstić information content (AvgIpc) is 3.28. The molecule has 2 aromatic heterocycles. The minimum Gasteiger partial charge on any atom is -0.385 e. The topological polar surface area (TPSA) is 76.5 Å². The van der Waals surface area contributed by atoms with Gasteiger partial charge >= 0.3 is 0 Å². The zero-order valence-corrected chi connectivity index (χ0v) is 18.4. The van der Waals surface area contributed by atoms with Crippen LogP contribution in [0.4, 0.5) is 0 Å². The van der Waals surface area contributed by atoms with Crippen molar-refractivity contribution in [3.05, 3.63) is 59.9 Å². The van der Waals surface area contributed by atoms with E-state index in [4.69, 9.17) is 9.26 Å². The van der Waals surface area contributed by atoms with Crippen molar-refractivity contribution in [1.82, 2.24) is 19.6 Å². The van der Waals surface area contributed by atoms with Crippen molar-refractivity contribution >= 4 is 0 Å². The molecule has 1 aromatic carbocycles. The van der Waals surface area contributed by atoms with E-state index in [9.17, 15) is 5.11 Å². The molecule has 5 rings (SSSR count). The Balaban J connectivity index is 1.18. The maximum absolute atomic E-state index is 9.80. The highest BCUT2D eigenvalue weighted by Gasteiger charge is 2.54. The summed E-state index contributed by atoms with van der Waals surface area (Å²) in [6, 6.07) is 10.1. The van der Waals surface area contributed by atoms with Gasteiger partial charge in [0.2, 0.25) is 0 Å². The molecule has 1 aliphatic carbocycles. The Hall–Kier alpha value is -2.92. The molecule has 7 nitrogen and oxygen atoms in total. The van der Waals surface area contributed by atoms with Gasteiger partial charge in [-0.15, -0.1) is 0 Å². The molecule has 0 spiro atoms. The Kier molecular flexibility index (Phi) is 5.83. The summed E-state index contributed by atoms with van der Waals surface area (Å²) in [5.41, 5.74) is 2.80. The maximum Gasteiger partial charge on any atom is 0.157 e. The standard InChI is InChI=1S/C25H28N4O3/c1-17(30)25-26-9-10-29(25)14-20-13-24(27-32-20)19-6-3-18(4-7-19)5-8-21-22-15-28(11-12-31-2)16-23(21)22/h3-4,6-7,9-10,13,17,21-23,30H,11-12,14-16H2,1-2H3/t17-,21?,22-,23+/m0/s1. The van der Waals surface area contributed by atoms with Crippen LogP contribution in [0.1, 0.15) is 30.2 Å². The van der Waals surface area contributed by atoms with Gasteiger partial charge in [-0.2, -0.15) is 0 Å². The molecule has 1 aliphatic heterocycles. The lowest BCUT2D eigenvalue weighted by Crippen LogP contribution is -2.27. The first-order valence-corrected chi connectivity index (χ1v) is 11.1. The van der Waals surface area contributed by atoms with Crippen LogP contribution in [0.25, 0.3) is 11.3 Å². The largest absolute Gasteiger partial charge is 0.385 e. The Morgan fingerprint density at radius 1 is 1.25 bits per heavy atom. The SMILES string of the molecule is COCCN1C[C@@H]2C(C#Cc3ccc(-c4cc(Cn5ccnc5[C@H](C)O)on4)cc3)[C@@H]2C1. The molecular formula is C25H28N4O3. The summed E-state index contributed by atoms with van der Waals surface area (Å²) in [7, 11) is 1.76. The van der Waals surface area contributed by atoms with Crippen molar-refractivity contribution in [2.75, 3.05) is 33.4 Å². The van der Waals surface area contributed by atoms with Crippen LogP contribution in [-0.2, 0) is 11.3 Å². The first-order chi connectivity index (χ1) is 15.6. The van der Waals surface area contributed by atoms with Crippen molar-refractivity contribution < 1.29 is 14.4 Å². The van der Waals surface area contributed by atoms with Crippen molar-refractivity contribution in [2.45, 2.75) is 19.6 Å². The maximum atomic E-state index is 9.80. The molecule has 32 heavy (non-hydrogen) atoms. The predicted octanol–water partition coefficient (Wildman–Crippen LogP) is 2.82. The summed E-state index contributed by atoms with van der Waals surface area (Å²) >= 11 is 0. The second-order valence-corrected chi connectivity index (χ2v) is 8.72. The van der Waals surface area contributed by atoms with Gasteiger partial charge in [0.05, 0.1) is 13.2 Å². The van der Waals surface area contributed by atoms with Crippen LogP contribution in [0.5, 0.6) is 0 Å². The third-order valence-corrected chi connectivity index (χ3v) is 6.45. The molecule has 2 fully saturated rings. The minimum atomic E-state index is -0.633. The summed E-state index contributed by atoms with van der Waals surface area (Å²) in [5, 5.41) is 14.0. The number of likely N-dealkylation sites (tertiary alicyclic amines) is 1. The number of ether oxygens (including phenoxy) is 1. The van der Waals surface area contributed by atoms with Gasteiger partial charge in [0.1, 0.15) is 17.6 Å². The number of methoxy groups -OCH3 is 1. The summed E-state index contributed by atoms with van der Waals surface area (Å²) in [6.07, 6.45) is 2.86. The van der Waals surface area contributed by atoms with E-state index in [0.717, 1.165) is 54.9 Å². The van der Waals surface area contributed by atoms with Crippen molar-refractivity contribution in [3.63, 3.8) is 0 Å². The summed E-state index contributed by atoms with van der Waals surface area (Å²) in [6.45, 7) is 6.31. The Morgan fingerprint density at radius 3 is 2.75 bits per heavy atom. The molecule has 4 atom stereocenters. The fraction of sp³-hybridized carbons (Fsp3) is 0.440. The smallest absolute Gasteiger partial charge is 0.157 e. The molecule has 0 radical (unpaired) electrons. The van der Waals surface area contributed by atoms with Crippen LogP contribution in [0.15, 0.2) is 47.2 Å². The van der Waals surface area contributed by atoms with Gasteiger partial charge in [-0.25, -0.2) is 4.98 Å². The summed E-state index contributed by atoms with van der Waals surface area (Å²) < 4.78 is 12.5. The first-order valence-electron chi connectivity index (χ1n) is 11.1. The molecule has 2 aliphatic rings. The third-order valence-electron chi connectivity index (χ3n) is 6.45. The summed E-state index contributed by atoms with van der Waals surface area (Å²) in [4.78, 5) is 6.67. The number of hydrogen-bond donors (Lipinski definition) is 1. The number of hydrogen-bond acceptors (Lipinski definition) is 6. The summed E-state index contributed by atoms with van der Waals surface area (Å²) in [5.74, 6) is 10.2. The number of aromatic nitrogens is 3. The normalized spacial score (nSPS) is 22.9. The average molecular weight is 433 g/mol. The Morgan fingerprint density at radius 2 is 2.03 bits per heavy atom. The van der Waals surface area contributed by atoms with Crippen LogP contribution < -0.4 is 0 Å². The molecule has 3 aromatic rings. The van der Waals surface area contributed by atoms with Crippen LogP contribution in [0.3, 0.4) is 0 Å². The van der Waals surface area contributed by atoms with E-state index in [0.29, 0.717) is 24.0 Å². The fourth-order valence-electron chi connectivity index (χ4n) is 4.64. The highest BCUT2D eigenvalue weighted by molar-refractivity contribution is 5.60. The van der Waals surface area contributed by atoms with Crippen LogP contribution >= 0.6 is 0 Å². The molecule has 0 bridgehead atoms. The van der Waals surface area contributed by atoms with E-state index in [-0.39, 0.29) is 0 Å². The van der Waals surface area contributed by atoms with Gasteiger partial charge in [-0.1, -0.05) is 29.1 Å². The lowest BCUT2D eigenvalue weighted by Gasteiger charge is -2.17. The number of piperidine rings is 1. The number of aliphatic hydroxyl groups is 1. The molecule has 166 valence electrons. The molecular weight excluding hydrogens is 404 g/mol. The van der Waals surface area contributed by atoms with E-state index in [1.165, 1.54) is 0 Å². The van der Waals surface area contributed by atoms with Gasteiger partial charge in [-0.3, -0.25) is 0 Å². The molecule has 0 amide bonds. The predicted molar refractivity (Wildman–Crippen MR) is 120 cm³/mol. The highest BCUT2D eigenvalue weighted by atomic mass is 16.5. The minimum absolute atomic E-state index is 0.476. The zero-order chi connectivity index (χ0) is 22.1. The second kappa shape index (κ2) is 8.91. The molecule has 7 heteroatoms. The Labute approximate surface area is 188 Å². The van der Waals surface area contributed by atoms with Crippen LogP contribution in [0.2, 0.25) is 0 Å². The number of imidazole rings is 1. The second-order valence-electron chi connectivity index (χ2n) is 8.72. The van der Waals surface area contributed by atoms with Gasteiger partial charge < -0.3 is 23.8 Å². The highest BCUT2D eigenvalue weighted by Crippen LogP contribution is 2.51. The van der Waals surface area contributed by atoms with Gasteiger partial charge in [0.15, 0.2) is 5.76 Å². The lowest BCUT2D eigenvalue weighted by molar-refractivity contribution is 0.153. The lowest BCUT2D eigenvalue weighted by atomic mass is 10.1. The number of aliphatic hydroxyl groups excluding tert-OH is 1. The monoisotopic (exact) mass is 432 g/mol. The Bertz CT molecular complexity index is 1110. The number of rotatable bonds is 7. The van der Waals surface area contributed by atoms with E-state index in [2.05, 4.69) is 26.9 Å².